The van der Waals surface area contributed by atoms with Gasteiger partial charge in [0.2, 0.25) is 0 Å². The van der Waals surface area contributed by atoms with Gasteiger partial charge in [-0.2, -0.15) is 13.2 Å². The first-order valence-corrected chi connectivity index (χ1v) is 5.41. The van der Waals surface area contributed by atoms with Gasteiger partial charge in [0, 0.05) is 12.7 Å². The number of hydrogen-bond acceptors (Lipinski definition) is 3. The molecule has 1 aromatic heterocycles. The van der Waals surface area contributed by atoms with E-state index < -0.39 is 24.6 Å². The van der Waals surface area contributed by atoms with Crippen molar-refractivity contribution in [3.05, 3.63) is 42.2 Å². The first-order chi connectivity index (χ1) is 9.24. The van der Waals surface area contributed by atoms with E-state index in [4.69, 9.17) is 5.11 Å². The first-order valence-electron chi connectivity index (χ1n) is 5.41. The highest BCUT2D eigenvalue weighted by molar-refractivity contribution is 5.95. The summed E-state index contributed by atoms with van der Waals surface area (Å²) in [6.07, 6.45) is -2.37. The summed E-state index contributed by atoms with van der Waals surface area (Å²) in [5.74, 6) is -2.31. The van der Waals surface area contributed by atoms with Crippen molar-refractivity contribution >= 4 is 11.9 Å². The second-order valence-electron chi connectivity index (χ2n) is 3.82. The molecule has 1 amide bonds. The number of halogens is 3. The maximum atomic E-state index is 12.4. The number of carboxylic acids is 1. The minimum atomic E-state index is -4.57. The maximum Gasteiger partial charge on any atom is 0.406 e. The van der Waals surface area contributed by atoms with Gasteiger partial charge in [-0.1, -0.05) is 6.08 Å². The van der Waals surface area contributed by atoms with Crippen LogP contribution in [0.4, 0.5) is 13.2 Å². The molecule has 1 N–H and O–H groups in total. The molecule has 5 nitrogen and oxygen atoms in total. The smallest absolute Gasteiger partial charge is 0.406 e. The van der Waals surface area contributed by atoms with Crippen molar-refractivity contribution in [2.75, 3.05) is 13.1 Å². The fourth-order valence-corrected chi connectivity index (χ4v) is 1.43. The Bertz CT molecular complexity index is 529. The molecular weight excluding hydrogens is 277 g/mol. The van der Waals surface area contributed by atoms with Gasteiger partial charge in [0.15, 0.2) is 0 Å². The molecule has 0 aromatic carbocycles. The Morgan fingerprint density at radius 2 is 2.10 bits per heavy atom. The topological polar surface area (TPSA) is 70.5 Å². The minimum Gasteiger partial charge on any atom is -0.478 e. The molecule has 0 fully saturated rings. The van der Waals surface area contributed by atoms with E-state index in [0.717, 1.165) is 24.4 Å². The molecule has 0 bridgehead atoms. The fourth-order valence-electron chi connectivity index (χ4n) is 1.43. The van der Waals surface area contributed by atoms with Crippen LogP contribution in [-0.2, 0) is 0 Å². The predicted octanol–water partition coefficient (Wildman–Crippen LogP) is 1.97. The average molecular weight is 288 g/mol. The maximum absolute atomic E-state index is 12.4. The average Bonchev–Trinajstić information content (AvgIpc) is 2.36. The number of amides is 1. The van der Waals surface area contributed by atoms with Crippen molar-refractivity contribution in [1.29, 1.82) is 0 Å². The lowest BCUT2D eigenvalue weighted by Crippen LogP contribution is -2.39. The third-order valence-corrected chi connectivity index (χ3v) is 2.23. The Morgan fingerprint density at radius 1 is 1.45 bits per heavy atom. The van der Waals surface area contributed by atoms with E-state index in [-0.39, 0.29) is 17.8 Å². The number of nitrogens with zero attached hydrogens (tertiary/aromatic N) is 2. The standard InChI is InChI=1S/C12H11F3N2O3/c1-2-5-17(7-12(13,14)15)10(18)9-6-8(11(19)20)3-4-16-9/h2-4,6H,1,5,7H2,(H,19,20). The van der Waals surface area contributed by atoms with E-state index in [1.807, 2.05) is 0 Å². The Morgan fingerprint density at radius 3 is 2.60 bits per heavy atom. The van der Waals surface area contributed by atoms with E-state index in [2.05, 4.69) is 11.6 Å². The van der Waals surface area contributed by atoms with Crippen molar-refractivity contribution < 1.29 is 27.9 Å². The van der Waals surface area contributed by atoms with Gasteiger partial charge in [-0.15, -0.1) is 6.58 Å². The molecule has 1 rings (SSSR count). The summed E-state index contributed by atoms with van der Waals surface area (Å²) in [6.45, 7) is 1.49. The molecule has 0 aliphatic carbocycles. The Hall–Kier alpha value is -2.38. The van der Waals surface area contributed by atoms with Gasteiger partial charge < -0.3 is 10.0 Å². The van der Waals surface area contributed by atoms with Crippen LogP contribution in [0.1, 0.15) is 20.8 Å². The number of aromatic nitrogens is 1. The molecule has 108 valence electrons. The molecule has 0 aliphatic heterocycles. The Kier molecular flexibility index (Phi) is 4.84. The molecule has 8 heteroatoms. The summed E-state index contributed by atoms with van der Waals surface area (Å²) in [5.41, 5.74) is -0.593. The summed E-state index contributed by atoms with van der Waals surface area (Å²) in [4.78, 5) is 26.7. The number of pyridine rings is 1. The molecule has 0 unspecified atom stereocenters. The van der Waals surface area contributed by atoms with E-state index in [9.17, 15) is 22.8 Å². The van der Waals surface area contributed by atoms with Crippen LogP contribution in [0.2, 0.25) is 0 Å². The SMILES string of the molecule is C=CCN(CC(F)(F)F)C(=O)c1cc(C(=O)O)ccn1. The Labute approximate surface area is 112 Å². The summed E-state index contributed by atoms with van der Waals surface area (Å²) < 4.78 is 37.1. The number of rotatable bonds is 5. The number of carbonyl (C=O) groups is 2. The van der Waals surface area contributed by atoms with Crippen LogP contribution >= 0.6 is 0 Å². The number of aromatic carboxylic acids is 1. The normalized spacial score (nSPS) is 10.9. The van der Waals surface area contributed by atoms with Crippen molar-refractivity contribution in [2.45, 2.75) is 6.18 Å². The Balaban J connectivity index is 3.02. The monoisotopic (exact) mass is 288 g/mol. The number of hydrogen-bond donors (Lipinski definition) is 1. The highest BCUT2D eigenvalue weighted by Gasteiger charge is 2.33. The summed E-state index contributed by atoms with van der Waals surface area (Å²) >= 11 is 0. The lowest BCUT2D eigenvalue weighted by Gasteiger charge is -2.22. The van der Waals surface area contributed by atoms with Crippen LogP contribution in [0.3, 0.4) is 0 Å². The predicted molar refractivity (Wildman–Crippen MR) is 63.4 cm³/mol. The van der Waals surface area contributed by atoms with E-state index >= 15 is 0 Å². The number of carbonyl (C=O) groups excluding carboxylic acids is 1. The van der Waals surface area contributed by atoms with Crippen LogP contribution in [0, 0.1) is 0 Å². The van der Waals surface area contributed by atoms with Crippen LogP contribution < -0.4 is 0 Å². The molecule has 1 heterocycles. The van der Waals surface area contributed by atoms with Gasteiger partial charge in [0.1, 0.15) is 12.2 Å². The van der Waals surface area contributed by atoms with Gasteiger partial charge in [0.05, 0.1) is 5.56 Å². The van der Waals surface area contributed by atoms with Crippen molar-refractivity contribution in [1.82, 2.24) is 9.88 Å². The van der Waals surface area contributed by atoms with Gasteiger partial charge in [0.25, 0.3) is 5.91 Å². The third-order valence-electron chi connectivity index (χ3n) is 2.23. The number of alkyl halides is 3. The molecule has 1 aromatic rings. The summed E-state index contributed by atoms with van der Waals surface area (Å²) in [5, 5.41) is 8.77. The van der Waals surface area contributed by atoms with Crippen LogP contribution in [0.15, 0.2) is 31.0 Å². The molecule has 0 radical (unpaired) electrons. The lowest BCUT2D eigenvalue weighted by molar-refractivity contribution is -0.139. The molecule has 20 heavy (non-hydrogen) atoms. The van der Waals surface area contributed by atoms with Crippen molar-refractivity contribution in [2.24, 2.45) is 0 Å². The van der Waals surface area contributed by atoms with Gasteiger partial charge >= 0.3 is 12.1 Å². The second-order valence-corrected chi connectivity index (χ2v) is 3.82. The largest absolute Gasteiger partial charge is 0.478 e. The van der Waals surface area contributed by atoms with Crippen molar-refractivity contribution in [3.63, 3.8) is 0 Å². The van der Waals surface area contributed by atoms with E-state index in [1.54, 1.807) is 0 Å². The van der Waals surface area contributed by atoms with Crippen molar-refractivity contribution in [3.8, 4) is 0 Å². The number of carboxylic acid groups (broad SMARTS) is 1. The third kappa shape index (κ3) is 4.38. The fraction of sp³-hybridized carbons (Fsp3) is 0.250. The van der Waals surface area contributed by atoms with Gasteiger partial charge in [-0.25, -0.2) is 4.79 Å². The summed E-state index contributed by atoms with van der Waals surface area (Å²) in [7, 11) is 0. The van der Waals surface area contributed by atoms with Crippen LogP contribution in [0.5, 0.6) is 0 Å². The zero-order chi connectivity index (χ0) is 15.3. The molecule has 0 saturated carbocycles. The molecule has 0 aliphatic rings. The lowest BCUT2D eigenvalue weighted by atomic mass is 10.2. The molecule has 0 atom stereocenters. The van der Waals surface area contributed by atoms with Gasteiger partial charge in [-0.3, -0.25) is 9.78 Å². The zero-order valence-electron chi connectivity index (χ0n) is 10.2. The summed E-state index contributed by atoms with van der Waals surface area (Å²) in [6, 6.07) is 2.07. The highest BCUT2D eigenvalue weighted by Crippen LogP contribution is 2.18. The van der Waals surface area contributed by atoms with Gasteiger partial charge in [-0.05, 0) is 12.1 Å². The van der Waals surface area contributed by atoms with Crippen LogP contribution in [-0.4, -0.2) is 46.1 Å². The molecular formula is C12H11F3N2O3. The molecule has 0 spiro atoms. The first kappa shape index (κ1) is 15.7. The van der Waals surface area contributed by atoms with E-state index in [0.29, 0.717) is 4.90 Å². The quantitative estimate of drug-likeness (QED) is 0.841. The molecule has 0 saturated heterocycles. The van der Waals surface area contributed by atoms with E-state index in [1.165, 1.54) is 0 Å². The highest BCUT2D eigenvalue weighted by atomic mass is 19.4. The second kappa shape index (κ2) is 6.18. The minimum absolute atomic E-state index is 0.228. The van der Waals surface area contributed by atoms with Crippen LogP contribution in [0.25, 0.3) is 0 Å². The zero-order valence-corrected chi connectivity index (χ0v) is 10.2.